The molecule has 7 nitrogen and oxygen atoms in total. The molecule has 1 heterocycles. The van der Waals surface area contributed by atoms with Crippen LogP contribution in [0, 0.1) is 0 Å². The van der Waals surface area contributed by atoms with Crippen molar-refractivity contribution in [1.29, 1.82) is 0 Å². The van der Waals surface area contributed by atoms with Crippen LogP contribution in [-0.4, -0.2) is 23.7 Å². The van der Waals surface area contributed by atoms with Gasteiger partial charge in [-0.15, -0.1) is 0 Å². The van der Waals surface area contributed by atoms with Crippen molar-refractivity contribution in [2.45, 2.75) is 25.9 Å². The van der Waals surface area contributed by atoms with E-state index in [0.717, 1.165) is 12.8 Å². The molecule has 2 rings (SSSR count). The molecule has 1 saturated carbocycles. The van der Waals surface area contributed by atoms with Gasteiger partial charge in [0, 0.05) is 17.2 Å². The minimum absolute atomic E-state index is 0.105. The third kappa shape index (κ3) is 4.00. The summed E-state index contributed by atoms with van der Waals surface area (Å²) in [5.74, 6) is -0.116. The molecule has 0 unspecified atom stereocenters. The highest BCUT2D eigenvalue weighted by atomic mass is 16.5. The summed E-state index contributed by atoms with van der Waals surface area (Å²) in [6.07, 6.45) is 5.37. The molecule has 1 aliphatic carbocycles. The predicted octanol–water partition coefficient (Wildman–Crippen LogP) is 2.84. The summed E-state index contributed by atoms with van der Waals surface area (Å²) < 4.78 is 10.3. The third-order valence-electron chi connectivity index (χ3n) is 2.51. The van der Waals surface area contributed by atoms with Gasteiger partial charge in [-0.3, -0.25) is 0 Å². The standard InChI is InChI=1S/C13H14N4O3/c1-2-19-13(18)11(16-17-14)7-9-3-6-12(15-8-9)20-10-4-5-10/h3,6-8,10H,2,4-5H2,1H3/b11-7-. The number of aromatic nitrogens is 1. The van der Waals surface area contributed by atoms with Crippen LogP contribution < -0.4 is 4.74 Å². The second-order valence-corrected chi connectivity index (χ2v) is 4.19. The third-order valence-corrected chi connectivity index (χ3v) is 2.51. The summed E-state index contributed by atoms with van der Waals surface area (Å²) >= 11 is 0. The first-order chi connectivity index (χ1) is 9.72. The maximum Gasteiger partial charge on any atom is 0.340 e. The van der Waals surface area contributed by atoms with Crippen LogP contribution in [0.3, 0.4) is 0 Å². The first-order valence-electron chi connectivity index (χ1n) is 6.29. The van der Waals surface area contributed by atoms with Crippen molar-refractivity contribution >= 4 is 12.0 Å². The van der Waals surface area contributed by atoms with Gasteiger partial charge in [-0.25, -0.2) is 9.78 Å². The number of carbonyl (C=O) groups is 1. The average molecular weight is 274 g/mol. The van der Waals surface area contributed by atoms with Crippen molar-refractivity contribution in [3.05, 3.63) is 40.0 Å². The monoisotopic (exact) mass is 274 g/mol. The predicted molar refractivity (Wildman–Crippen MR) is 71.6 cm³/mol. The van der Waals surface area contributed by atoms with E-state index in [9.17, 15) is 4.79 Å². The Morgan fingerprint density at radius 1 is 1.60 bits per heavy atom. The zero-order valence-corrected chi connectivity index (χ0v) is 11.0. The Bertz CT molecular complexity index is 557. The van der Waals surface area contributed by atoms with E-state index in [0.29, 0.717) is 11.4 Å². The molecule has 1 aliphatic rings. The lowest BCUT2D eigenvalue weighted by Gasteiger charge is -2.04. The number of hydrogen-bond donors (Lipinski definition) is 0. The highest BCUT2D eigenvalue weighted by Crippen LogP contribution is 2.25. The van der Waals surface area contributed by atoms with E-state index in [4.69, 9.17) is 15.0 Å². The number of nitrogens with zero attached hydrogens (tertiary/aromatic N) is 4. The maximum atomic E-state index is 11.6. The van der Waals surface area contributed by atoms with Crippen LogP contribution in [-0.2, 0) is 9.53 Å². The van der Waals surface area contributed by atoms with E-state index < -0.39 is 5.97 Å². The fraction of sp³-hybridized carbons (Fsp3) is 0.385. The Kier molecular flexibility index (Phi) is 4.57. The SMILES string of the molecule is CCOC(=O)/C(=C/c1ccc(OC2CC2)nc1)N=[N+]=[N-]. The van der Waals surface area contributed by atoms with E-state index in [1.165, 1.54) is 6.08 Å². The lowest BCUT2D eigenvalue weighted by Crippen LogP contribution is -2.05. The van der Waals surface area contributed by atoms with E-state index in [1.807, 2.05) is 0 Å². The fourth-order valence-electron chi connectivity index (χ4n) is 1.44. The van der Waals surface area contributed by atoms with Crippen molar-refractivity contribution in [3.8, 4) is 5.88 Å². The van der Waals surface area contributed by atoms with Gasteiger partial charge in [-0.1, -0.05) is 5.11 Å². The van der Waals surface area contributed by atoms with Gasteiger partial charge in [0.05, 0.1) is 6.61 Å². The Labute approximate surface area is 115 Å². The lowest BCUT2D eigenvalue weighted by atomic mass is 10.2. The summed E-state index contributed by atoms with van der Waals surface area (Å²) in [7, 11) is 0. The largest absolute Gasteiger partial charge is 0.474 e. The summed E-state index contributed by atoms with van der Waals surface area (Å²) in [6.45, 7) is 1.89. The fourth-order valence-corrected chi connectivity index (χ4v) is 1.44. The van der Waals surface area contributed by atoms with Gasteiger partial charge in [0.15, 0.2) is 0 Å². The molecule has 1 aromatic rings. The van der Waals surface area contributed by atoms with Crippen LogP contribution >= 0.6 is 0 Å². The van der Waals surface area contributed by atoms with Crippen molar-refractivity contribution in [2.75, 3.05) is 6.61 Å². The number of ether oxygens (including phenoxy) is 2. The molecule has 0 amide bonds. The van der Waals surface area contributed by atoms with Crippen LogP contribution in [0.25, 0.3) is 16.5 Å². The summed E-state index contributed by atoms with van der Waals surface area (Å²) in [6, 6.07) is 3.44. The molecule has 7 heteroatoms. The summed E-state index contributed by atoms with van der Waals surface area (Å²) in [5.41, 5.74) is 8.98. The number of rotatable bonds is 6. The molecule has 1 aromatic heterocycles. The molecule has 104 valence electrons. The normalized spacial score (nSPS) is 14.3. The number of azide groups is 1. The van der Waals surface area contributed by atoms with E-state index in [-0.39, 0.29) is 18.4 Å². The molecule has 0 aromatic carbocycles. The average Bonchev–Trinajstić information content (AvgIpc) is 3.24. The number of carbonyl (C=O) groups excluding carboxylic acids is 1. The second kappa shape index (κ2) is 6.58. The zero-order valence-electron chi connectivity index (χ0n) is 11.0. The first-order valence-corrected chi connectivity index (χ1v) is 6.29. The number of hydrogen-bond acceptors (Lipinski definition) is 5. The maximum absolute atomic E-state index is 11.6. The minimum Gasteiger partial charge on any atom is -0.474 e. The lowest BCUT2D eigenvalue weighted by molar-refractivity contribution is -0.138. The summed E-state index contributed by atoms with van der Waals surface area (Å²) in [5, 5.41) is 3.33. The molecule has 0 radical (unpaired) electrons. The molecule has 0 aliphatic heterocycles. The quantitative estimate of drug-likeness (QED) is 0.262. The molecule has 1 fully saturated rings. The van der Waals surface area contributed by atoms with Crippen molar-refractivity contribution in [1.82, 2.24) is 4.98 Å². The molecule has 0 saturated heterocycles. The highest BCUT2D eigenvalue weighted by molar-refractivity contribution is 5.93. The molecule has 0 atom stereocenters. The van der Waals surface area contributed by atoms with E-state index in [2.05, 4.69) is 15.0 Å². The van der Waals surface area contributed by atoms with Crippen molar-refractivity contribution < 1.29 is 14.3 Å². The second-order valence-electron chi connectivity index (χ2n) is 4.19. The minimum atomic E-state index is -0.663. The van der Waals surface area contributed by atoms with Crippen LogP contribution in [0.4, 0.5) is 0 Å². The Morgan fingerprint density at radius 3 is 2.95 bits per heavy atom. The van der Waals surface area contributed by atoms with E-state index in [1.54, 1.807) is 25.3 Å². The van der Waals surface area contributed by atoms with Gasteiger partial charge >= 0.3 is 5.97 Å². The van der Waals surface area contributed by atoms with Gasteiger partial charge in [0.2, 0.25) is 5.88 Å². The summed E-state index contributed by atoms with van der Waals surface area (Å²) in [4.78, 5) is 18.3. The Balaban J connectivity index is 2.12. The van der Waals surface area contributed by atoms with Crippen LogP contribution in [0.2, 0.25) is 0 Å². The molecule has 20 heavy (non-hydrogen) atoms. The molecular weight excluding hydrogens is 260 g/mol. The van der Waals surface area contributed by atoms with Crippen LogP contribution in [0.15, 0.2) is 29.1 Å². The smallest absolute Gasteiger partial charge is 0.340 e. The topological polar surface area (TPSA) is 97.2 Å². The molecule has 0 N–H and O–H groups in total. The van der Waals surface area contributed by atoms with Crippen LogP contribution in [0.1, 0.15) is 25.3 Å². The van der Waals surface area contributed by atoms with Crippen molar-refractivity contribution in [3.63, 3.8) is 0 Å². The zero-order chi connectivity index (χ0) is 14.4. The van der Waals surface area contributed by atoms with Gasteiger partial charge in [0.25, 0.3) is 0 Å². The van der Waals surface area contributed by atoms with Gasteiger partial charge in [0.1, 0.15) is 11.8 Å². The van der Waals surface area contributed by atoms with Crippen molar-refractivity contribution in [2.24, 2.45) is 5.11 Å². The number of pyridine rings is 1. The Hall–Kier alpha value is -2.53. The van der Waals surface area contributed by atoms with Gasteiger partial charge < -0.3 is 9.47 Å². The van der Waals surface area contributed by atoms with Crippen LogP contribution in [0.5, 0.6) is 5.88 Å². The first kappa shape index (κ1) is 13.9. The number of esters is 1. The van der Waals surface area contributed by atoms with E-state index >= 15 is 0 Å². The Morgan fingerprint density at radius 2 is 2.40 bits per heavy atom. The highest BCUT2D eigenvalue weighted by Gasteiger charge is 2.23. The molecule has 0 bridgehead atoms. The van der Waals surface area contributed by atoms with Gasteiger partial charge in [-0.05, 0) is 43.0 Å². The molecular formula is C13H14N4O3. The van der Waals surface area contributed by atoms with Gasteiger partial charge in [-0.2, -0.15) is 0 Å². The molecule has 0 spiro atoms.